The van der Waals surface area contributed by atoms with Crippen LogP contribution in [0.2, 0.25) is 0 Å². The maximum absolute atomic E-state index is 12.7. The molecule has 5 heteroatoms. The molecule has 0 spiro atoms. The Morgan fingerprint density at radius 3 is 2.68 bits per heavy atom. The van der Waals surface area contributed by atoms with E-state index in [9.17, 15) is 4.79 Å². The summed E-state index contributed by atoms with van der Waals surface area (Å²) in [5.74, 6) is 1.69. The van der Waals surface area contributed by atoms with Crippen LogP contribution in [-0.4, -0.2) is 36.5 Å². The van der Waals surface area contributed by atoms with E-state index in [2.05, 4.69) is 13.0 Å². The number of fused-ring (bicyclic) bond motifs is 1. The molecule has 0 aromatic heterocycles. The van der Waals surface area contributed by atoms with Crippen molar-refractivity contribution in [3.05, 3.63) is 29.8 Å². The maximum Gasteiger partial charge on any atom is 0.229 e. The quantitative estimate of drug-likeness (QED) is 0.907. The van der Waals surface area contributed by atoms with E-state index < -0.39 is 0 Å². The van der Waals surface area contributed by atoms with Crippen LogP contribution < -0.4 is 10.5 Å². The second-order valence-corrected chi connectivity index (χ2v) is 6.34. The molecule has 0 radical (unpaired) electrons. The van der Waals surface area contributed by atoms with E-state index in [-0.39, 0.29) is 30.3 Å². The van der Waals surface area contributed by atoms with Gasteiger partial charge in [0.1, 0.15) is 12.4 Å². The van der Waals surface area contributed by atoms with Crippen LogP contribution in [0.1, 0.15) is 25.3 Å². The van der Waals surface area contributed by atoms with Crippen LogP contribution in [-0.2, 0) is 11.2 Å². The fraction of sp³-hybridized carbons (Fsp3) is 0.588. The monoisotopic (exact) mass is 324 g/mol. The van der Waals surface area contributed by atoms with Gasteiger partial charge in [-0.2, -0.15) is 0 Å². The highest BCUT2D eigenvalue weighted by atomic mass is 35.5. The molecule has 2 unspecified atom stereocenters. The van der Waals surface area contributed by atoms with Gasteiger partial charge in [0.05, 0.1) is 5.92 Å². The summed E-state index contributed by atoms with van der Waals surface area (Å²) < 4.78 is 5.74. The Hall–Kier alpha value is -1.26. The Morgan fingerprint density at radius 2 is 2.00 bits per heavy atom. The van der Waals surface area contributed by atoms with Crippen LogP contribution in [0.15, 0.2) is 24.3 Å². The number of nitrogens with zero attached hydrogens (tertiary/aromatic N) is 1. The van der Waals surface area contributed by atoms with Gasteiger partial charge in [-0.15, -0.1) is 12.4 Å². The molecule has 22 heavy (non-hydrogen) atoms. The number of ether oxygens (including phenoxy) is 1. The Labute approximate surface area is 138 Å². The maximum atomic E-state index is 12.7. The fourth-order valence-corrected chi connectivity index (χ4v) is 3.39. The van der Waals surface area contributed by atoms with Crippen LogP contribution in [0.4, 0.5) is 0 Å². The predicted octanol–water partition coefficient (Wildman–Crippen LogP) is 2.25. The zero-order chi connectivity index (χ0) is 14.8. The van der Waals surface area contributed by atoms with Crippen molar-refractivity contribution >= 4 is 18.3 Å². The molecule has 1 aromatic rings. The summed E-state index contributed by atoms with van der Waals surface area (Å²) in [4.78, 5) is 14.7. The molecule has 1 fully saturated rings. The first-order chi connectivity index (χ1) is 10.1. The number of halogens is 1. The van der Waals surface area contributed by atoms with E-state index in [0.717, 1.165) is 43.7 Å². The van der Waals surface area contributed by atoms with Gasteiger partial charge >= 0.3 is 0 Å². The summed E-state index contributed by atoms with van der Waals surface area (Å²) in [6.07, 6.45) is 2.84. The highest BCUT2D eigenvalue weighted by Gasteiger charge is 2.32. The van der Waals surface area contributed by atoms with Gasteiger partial charge in [0.15, 0.2) is 0 Å². The van der Waals surface area contributed by atoms with Crippen molar-refractivity contribution in [2.45, 2.75) is 32.2 Å². The lowest BCUT2D eigenvalue weighted by Crippen LogP contribution is -2.46. The molecule has 2 aliphatic rings. The standard InChI is InChI=1S/C17H24N2O2.ClH/c1-12(18)13-6-8-19(9-7-13)17(20)15-10-14-4-2-3-5-16(14)21-11-15;/h2-5,12-13,15H,6-11,18H2,1H3;1H. The molecule has 2 heterocycles. The summed E-state index contributed by atoms with van der Waals surface area (Å²) in [6, 6.07) is 8.23. The minimum Gasteiger partial charge on any atom is -0.492 e. The molecular formula is C17H25ClN2O2. The van der Waals surface area contributed by atoms with E-state index in [1.54, 1.807) is 0 Å². The van der Waals surface area contributed by atoms with Crippen LogP contribution in [0.25, 0.3) is 0 Å². The third-order valence-corrected chi connectivity index (χ3v) is 4.82. The Morgan fingerprint density at radius 1 is 1.32 bits per heavy atom. The number of para-hydroxylation sites is 1. The minimum absolute atomic E-state index is 0. The Kier molecular flexibility index (Phi) is 5.70. The van der Waals surface area contributed by atoms with E-state index in [1.165, 1.54) is 0 Å². The number of hydrogen-bond acceptors (Lipinski definition) is 3. The normalized spacial score (nSPS) is 23.0. The predicted molar refractivity (Wildman–Crippen MR) is 89.3 cm³/mol. The summed E-state index contributed by atoms with van der Waals surface area (Å²) in [7, 11) is 0. The molecule has 2 aliphatic heterocycles. The zero-order valence-electron chi connectivity index (χ0n) is 13.0. The number of carbonyl (C=O) groups is 1. The largest absolute Gasteiger partial charge is 0.492 e. The summed E-state index contributed by atoms with van der Waals surface area (Å²) in [5, 5.41) is 0. The molecule has 122 valence electrons. The smallest absolute Gasteiger partial charge is 0.229 e. The third kappa shape index (κ3) is 3.55. The highest BCUT2D eigenvalue weighted by molar-refractivity contribution is 5.85. The van der Waals surface area contributed by atoms with Crippen molar-refractivity contribution in [2.75, 3.05) is 19.7 Å². The van der Waals surface area contributed by atoms with Gasteiger partial charge in [0.25, 0.3) is 0 Å². The van der Waals surface area contributed by atoms with Crippen LogP contribution in [0.3, 0.4) is 0 Å². The number of benzene rings is 1. The van der Waals surface area contributed by atoms with E-state index in [1.807, 2.05) is 23.1 Å². The summed E-state index contributed by atoms with van der Waals surface area (Å²) in [6.45, 7) is 4.24. The number of piperidine rings is 1. The fourth-order valence-electron chi connectivity index (χ4n) is 3.39. The van der Waals surface area contributed by atoms with E-state index in [4.69, 9.17) is 10.5 Å². The lowest BCUT2D eigenvalue weighted by Gasteiger charge is -2.36. The van der Waals surface area contributed by atoms with Gasteiger partial charge < -0.3 is 15.4 Å². The first-order valence-electron chi connectivity index (χ1n) is 7.90. The van der Waals surface area contributed by atoms with Crippen LogP contribution >= 0.6 is 12.4 Å². The Balaban J connectivity index is 0.00000176. The van der Waals surface area contributed by atoms with Gasteiger partial charge in [0, 0.05) is 19.1 Å². The summed E-state index contributed by atoms with van der Waals surface area (Å²) >= 11 is 0. The van der Waals surface area contributed by atoms with Crippen molar-refractivity contribution in [1.82, 2.24) is 4.90 Å². The number of nitrogens with two attached hydrogens (primary N) is 1. The molecule has 1 aromatic carbocycles. The Bertz CT molecular complexity index is 513. The van der Waals surface area contributed by atoms with Gasteiger partial charge in [0.2, 0.25) is 5.91 Å². The molecule has 0 saturated carbocycles. The molecule has 4 nitrogen and oxygen atoms in total. The van der Waals surface area contributed by atoms with Gasteiger partial charge in [-0.3, -0.25) is 4.79 Å². The van der Waals surface area contributed by atoms with Gasteiger partial charge in [-0.25, -0.2) is 0 Å². The first kappa shape index (κ1) is 17.1. The number of hydrogen-bond donors (Lipinski definition) is 1. The zero-order valence-corrected chi connectivity index (χ0v) is 13.8. The van der Waals surface area contributed by atoms with E-state index >= 15 is 0 Å². The average Bonchev–Trinajstić information content (AvgIpc) is 2.54. The number of rotatable bonds is 2. The van der Waals surface area contributed by atoms with Crippen molar-refractivity contribution in [2.24, 2.45) is 17.6 Å². The lowest BCUT2D eigenvalue weighted by molar-refractivity contribution is -0.138. The molecular weight excluding hydrogens is 300 g/mol. The van der Waals surface area contributed by atoms with Gasteiger partial charge in [-0.1, -0.05) is 18.2 Å². The molecule has 0 aliphatic carbocycles. The third-order valence-electron chi connectivity index (χ3n) is 4.82. The number of carbonyl (C=O) groups excluding carboxylic acids is 1. The summed E-state index contributed by atoms with van der Waals surface area (Å²) in [5.41, 5.74) is 7.11. The molecule has 1 saturated heterocycles. The number of amides is 1. The first-order valence-corrected chi connectivity index (χ1v) is 7.90. The second kappa shape index (κ2) is 7.34. The number of likely N-dealkylation sites (tertiary alicyclic amines) is 1. The second-order valence-electron chi connectivity index (χ2n) is 6.34. The van der Waals surface area contributed by atoms with Crippen molar-refractivity contribution in [1.29, 1.82) is 0 Å². The average molecular weight is 325 g/mol. The van der Waals surface area contributed by atoms with Crippen LogP contribution in [0, 0.1) is 11.8 Å². The molecule has 2 N–H and O–H groups in total. The van der Waals surface area contributed by atoms with Crippen molar-refractivity contribution < 1.29 is 9.53 Å². The SMILES string of the molecule is CC(N)C1CCN(C(=O)C2COc3ccccc3C2)CC1.Cl. The lowest BCUT2D eigenvalue weighted by atomic mass is 9.89. The van der Waals surface area contributed by atoms with Crippen LogP contribution in [0.5, 0.6) is 5.75 Å². The van der Waals surface area contributed by atoms with E-state index in [0.29, 0.717) is 12.5 Å². The minimum atomic E-state index is -0.0354. The molecule has 2 atom stereocenters. The molecule has 3 rings (SSSR count). The topological polar surface area (TPSA) is 55.6 Å². The molecule has 0 bridgehead atoms. The van der Waals surface area contributed by atoms with Gasteiger partial charge in [-0.05, 0) is 43.7 Å². The molecule has 1 amide bonds. The highest BCUT2D eigenvalue weighted by Crippen LogP contribution is 2.29. The van der Waals surface area contributed by atoms with Crippen molar-refractivity contribution in [3.8, 4) is 5.75 Å². The van der Waals surface area contributed by atoms with Crippen molar-refractivity contribution in [3.63, 3.8) is 0 Å².